The predicted molar refractivity (Wildman–Crippen MR) is 190 cm³/mol. The maximum atomic E-state index is 12.8. The highest BCUT2D eigenvalue weighted by Crippen LogP contribution is 2.17. The molecule has 0 heterocycles. The summed E-state index contributed by atoms with van der Waals surface area (Å²) < 4.78 is 11.5. The third-order valence-corrected chi connectivity index (χ3v) is 7.52. The lowest BCUT2D eigenvalue weighted by Crippen LogP contribution is -2.25. The monoisotopic (exact) mass is 646 g/mol. The summed E-state index contributed by atoms with van der Waals surface area (Å²) in [5.74, 6) is 0.562. The van der Waals surface area contributed by atoms with E-state index in [9.17, 15) is 14.9 Å². The quantitative estimate of drug-likeness (QED) is 0.0555. The van der Waals surface area contributed by atoms with Crippen LogP contribution in [0.1, 0.15) is 87.5 Å². The topological polar surface area (TPSA) is 105 Å². The summed E-state index contributed by atoms with van der Waals surface area (Å²) in [6, 6.07) is 24.0. The normalized spacial score (nSPS) is 11.2. The number of nitrogens with one attached hydrogen (secondary N) is 2. The fourth-order valence-electron chi connectivity index (χ4n) is 4.78. The molecule has 8 heteroatoms. The van der Waals surface area contributed by atoms with Gasteiger partial charge in [0.05, 0.1) is 19.8 Å². The zero-order chi connectivity index (χ0) is 34.4. The molecule has 2 N–H and O–H groups in total. The van der Waals surface area contributed by atoms with Crippen molar-refractivity contribution in [2.75, 3.05) is 13.2 Å². The molecule has 0 saturated carbocycles. The summed E-state index contributed by atoms with van der Waals surface area (Å²) in [6.45, 7) is 13.6. The van der Waals surface area contributed by atoms with Crippen molar-refractivity contribution in [3.8, 4) is 17.6 Å². The van der Waals surface area contributed by atoms with E-state index in [-0.39, 0.29) is 24.4 Å². The summed E-state index contributed by atoms with van der Waals surface area (Å²) in [5.41, 5.74) is 3.05. The predicted octanol–water partition coefficient (Wildman–Crippen LogP) is 8.40. The minimum Gasteiger partial charge on any atom is -0.494 e. The molecular weight excluding hydrogens is 600 g/mol. The number of carbonyl (C=O) groups is 2. The molecule has 8 nitrogen and oxygen atoms in total. The van der Waals surface area contributed by atoms with E-state index < -0.39 is 11.8 Å². The zero-order valence-corrected chi connectivity index (χ0v) is 28.1. The van der Waals surface area contributed by atoms with Gasteiger partial charge in [-0.25, -0.2) is 4.85 Å². The Hall–Kier alpha value is -5.34. The average Bonchev–Trinajstić information content (AvgIpc) is 3.12. The Morgan fingerprint density at radius 1 is 0.729 bits per heavy atom. The molecule has 0 fully saturated rings. The molecule has 48 heavy (non-hydrogen) atoms. The minimum absolute atomic E-state index is 0.00492. The van der Waals surface area contributed by atoms with Gasteiger partial charge in [-0.05, 0) is 71.5 Å². The summed E-state index contributed by atoms with van der Waals surface area (Å²) in [4.78, 5) is 29.0. The van der Waals surface area contributed by atoms with Gasteiger partial charge in [0, 0.05) is 13.1 Å². The van der Waals surface area contributed by atoms with Gasteiger partial charge >= 0.3 is 0 Å². The van der Waals surface area contributed by atoms with Gasteiger partial charge in [-0.15, -0.1) is 0 Å². The first-order valence-electron chi connectivity index (χ1n) is 16.8. The van der Waals surface area contributed by atoms with Crippen molar-refractivity contribution < 1.29 is 19.1 Å². The van der Waals surface area contributed by atoms with Crippen LogP contribution in [0.3, 0.4) is 0 Å². The van der Waals surface area contributed by atoms with Crippen molar-refractivity contribution in [2.24, 2.45) is 0 Å². The molecular formula is C40H46N4O4. The van der Waals surface area contributed by atoms with Crippen molar-refractivity contribution in [1.82, 2.24) is 10.6 Å². The number of hydrogen-bond donors (Lipinski definition) is 2. The number of rotatable bonds is 20. The van der Waals surface area contributed by atoms with E-state index in [1.165, 1.54) is 25.7 Å². The summed E-state index contributed by atoms with van der Waals surface area (Å²) in [7, 11) is 0. The molecule has 3 aromatic rings. The minimum atomic E-state index is -0.481. The molecule has 3 rings (SSSR count). The first kappa shape index (κ1) is 37.1. The van der Waals surface area contributed by atoms with Crippen LogP contribution in [-0.2, 0) is 22.7 Å². The van der Waals surface area contributed by atoms with Crippen molar-refractivity contribution in [3.63, 3.8) is 0 Å². The van der Waals surface area contributed by atoms with Gasteiger partial charge in [0.2, 0.25) is 0 Å². The smallest absolute Gasteiger partial charge is 0.262 e. The van der Waals surface area contributed by atoms with Crippen LogP contribution >= 0.6 is 0 Å². The number of carbonyl (C=O) groups excluding carboxylic acids is 2. The maximum Gasteiger partial charge on any atom is 0.262 e. The zero-order valence-electron chi connectivity index (χ0n) is 28.1. The highest BCUT2D eigenvalue weighted by atomic mass is 16.5. The molecule has 0 aliphatic carbocycles. The fraction of sp³-hybridized carbons (Fsp3) is 0.350. The Labute approximate surface area is 285 Å². The average molecular weight is 647 g/mol. The highest BCUT2D eigenvalue weighted by Gasteiger charge is 2.12. The third kappa shape index (κ3) is 13.6. The molecule has 0 aromatic heterocycles. The number of nitrogens with zero attached hydrogens (tertiary/aromatic N) is 2. The number of ether oxygens (including phenoxy) is 2. The van der Waals surface area contributed by atoms with Gasteiger partial charge in [-0.3, -0.25) is 9.59 Å². The number of nitriles is 1. The Kier molecular flexibility index (Phi) is 16.6. The number of hydrogen-bond acceptors (Lipinski definition) is 5. The molecule has 3 aromatic carbocycles. The van der Waals surface area contributed by atoms with Crippen LogP contribution in [0.15, 0.2) is 84.1 Å². The second-order valence-corrected chi connectivity index (χ2v) is 11.5. The van der Waals surface area contributed by atoms with Gasteiger partial charge in [0.25, 0.3) is 17.5 Å². The standard InChI is InChI=1S/C40H46N4O4/c1-4-6-8-10-23-47-36-19-15-31(16-20-36)26-35(28-41)39(45)43-29-33-13-12-14-34(25-33)30-44-40(46)38(42-3)27-32-17-21-37(22-18-32)48-24-11-9-7-5-2/h12-22,25-27H,4-11,23-24,29-30H2,1-2H3,(H,43,45)(H,44,46)/b35-26-,38-27+. The molecule has 0 spiro atoms. The van der Waals surface area contributed by atoms with Gasteiger partial charge in [0.15, 0.2) is 0 Å². The Morgan fingerprint density at radius 3 is 1.71 bits per heavy atom. The van der Waals surface area contributed by atoms with E-state index in [0.717, 1.165) is 59.4 Å². The fourth-order valence-corrected chi connectivity index (χ4v) is 4.78. The van der Waals surface area contributed by atoms with E-state index in [0.29, 0.717) is 13.2 Å². The first-order valence-corrected chi connectivity index (χ1v) is 16.8. The Balaban J connectivity index is 1.49. The van der Waals surface area contributed by atoms with Crippen LogP contribution in [0, 0.1) is 17.9 Å². The van der Waals surface area contributed by atoms with Crippen LogP contribution < -0.4 is 20.1 Å². The highest BCUT2D eigenvalue weighted by molar-refractivity contribution is 6.01. The van der Waals surface area contributed by atoms with Crippen molar-refractivity contribution in [2.45, 2.75) is 78.3 Å². The van der Waals surface area contributed by atoms with Crippen LogP contribution in [0.4, 0.5) is 0 Å². The van der Waals surface area contributed by atoms with Crippen molar-refractivity contribution >= 4 is 24.0 Å². The van der Waals surface area contributed by atoms with E-state index in [4.69, 9.17) is 16.0 Å². The SMILES string of the molecule is [C-]#[N+]/C(=C/c1ccc(OCCCCCC)cc1)C(=O)NCc1cccc(CNC(=O)/C(C#N)=C\c2ccc(OCCCCCC)cc2)c1. The van der Waals surface area contributed by atoms with Gasteiger partial charge in [-0.2, -0.15) is 5.26 Å². The molecule has 0 aliphatic heterocycles. The maximum absolute atomic E-state index is 12.8. The molecule has 0 bridgehead atoms. The molecule has 0 unspecified atom stereocenters. The van der Waals surface area contributed by atoms with Gasteiger partial charge < -0.3 is 20.1 Å². The number of amides is 2. The van der Waals surface area contributed by atoms with Crippen molar-refractivity contribution in [3.05, 3.63) is 118 Å². The summed E-state index contributed by atoms with van der Waals surface area (Å²) >= 11 is 0. The molecule has 0 aliphatic rings. The molecule has 0 radical (unpaired) electrons. The Morgan fingerprint density at radius 2 is 1.23 bits per heavy atom. The van der Waals surface area contributed by atoms with E-state index in [1.807, 2.05) is 78.9 Å². The molecule has 2 amide bonds. The van der Waals surface area contributed by atoms with Gasteiger partial charge in [-0.1, -0.05) is 101 Å². The lowest BCUT2D eigenvalue weighted by molar-refractivity contribution is -0.118. The molecule has 0 saturated heterocycles. The van der Waals surface area contributed by atoms with Crippen LogP contribution in [0.25, 0.3) is 17.0 Å². The second-order valence-electron chi connectivity index (χ2n) is 11.5. The lowest BCUT2D eigenvalue weighted by Gasteiger charge is -2.09. The van der Waals surface area contributed by atoms with E-state index in [2.05, 4.69) is 29.3 Å². The van der Waals surface area contributed by atoms with Gasteiger partial charge in [0.1, 0.15) is 23.1 Å². The first-order chi connectivity index (χ1) is 23.4. The van der Waals surface area contributed by atoms with E-state index in [1.54, 1.807) is 12.2 Å². The van der Waals surface area contributed by atoms with E-state index >= 15 is 0 Å². The number of benzene rings is 3. The Bertz CT molecular complexity index is 1480. The third-order valence-electron chi connectivity index (χ3n) is 7.52. The molecule has 0 atom stereocenters. The number of unbranched alkanes of at least 4 members (excludes halogenated alkanes) is 6. The largest absolute Gasteiger partial charge is 0.494 e. The second kappa shape index (κ2) is 21.5. The lowest BCUT2D eigenvalue weighted by atomic mass is 10.1. The van der Waals surface area contributed by atoms with Crippen LogP contribution in [-0.4, -0.2) is 25.0 Å². The summed E-state index contributed by atoms with van der Waals surface area (Å²) in [5, 5.41) is 15.2. The molecule has 250 valence electrons. The van der Waals surface area contributed by atoms with Crippen LogP contribution in [0.2, 0.25) is 0 Å². The summed E-state index contributed by atoms with van der Waals surface area (Å²) in [6.07, 6.45) is 12.2. The van der Waals surface area contributed by atoms with Crippen molar-refractivity contribution in [1.29, 1.82) is 5.26 Å². The van der Waals surface area contributed by atoms with Crippen LogP contribution in [0.5, 0.6) is 11.5 Å².